The first-order chi connectivity index (χ1) is 3.35. The molecule has 0 aliphatic carbocycles. The van der Waals surface area contributed by atoms with Crippen molar-refractivity contribution < 1.29 is 0 Å². The van der Waals surface area contributed by atoms with Crippen molar-refractivity contribution in [2.24, 2.45) is 0 Å². The normalized spacial score (nSPS) is 8.14. The molecule has 0 aromatic rings. The topological polar surface area (TPSA) is 0 Å². The number of rotatable bonds is 3. The van der Waals surface area contributed by atoms with Crippen molar-refractivity contribution >= 4 is 20.2 Å². The van der Waals surface area contributed by atoms with Gasteiger partial charge in [-0.1, -0.05) is 0 Å². The summed E-state index contributed by atoms with van der Waals surface area (Å²) in [6.07, 6.45) is 0. The van der Waals surface area contributed by atoms with Crippen LogP contribution in [0.1, 0.15) is 0 Å². The summed E-state index contributed by atoms with van der Waals surface area (Å²) in [4.78, 5) is 0. The fourth-order valence-electron chi connectivity index (χ4n) is 0.224. The summed E-state index contributed by atoms with van der Waals surface area (Å²) < 4.78 is 5.93. The Hall–Kier alpha value is 0.0382. The fraction of sp³-hybridized carbons (Fsp3) is 0. The van der Waals surface area contributed by atoms with E-state index < -0.39 is 20.2 Å². The Labute approximate surface area is 52.2 Å². The molecule has 0 radical (unpaired) electrons. The molecule has 0 heterocycles. The van der Waals surface area contributed by atoms with E-state index in [4.69, 9.17) is 0 Å². The third-order valence-electron chi connectivity index (χ3n) is 0.632. The molecule has 0 saturated carbocycles. The van der Waals surface area contributed by atoms with Gasteiger partial charge in [-0.2, -0.15) is 0 Å². The minimum atomic E-state index is -1.25. The van der Waals surface area contributed by atoms with Crippen LogP contribution in [0.15, 0.2) is 31.8 Å². The van der Waals surface area contributed by atoms with Crippen LogP contribution in [0, 0.1) is 0 Å². The van der Waals surface area contributed by atoms with Gasteiger partial charge in [0, 0.05) is 0 Å². The zero-order chi connectivity index (χ0) is 5.70. The van der Waals surface area contributed by atoms with Gasteiger partial charge in [0.2, 0.25) is 0 Å². The summed E-state index contributed by atoms with van der Waals surface area (Å²) in [5.74, 6) is 0. The molecule has 0 aliphatic rings. The third kappa shape index (κ3) is 2.70. The molecule has 1 heteroatoms. The van der Waals surface area contributed by atoms with E-state index >= 15 is 0 Å². The van der Waals surface area contributed by atoms with Crippen LogP contribution >= 0.6 is 0 Å². The zero-order valence-electron chi connectivity index (χ0n) is 4.30. The van der Waals surface area contributed by atoms with Crippen LogP contribution in [0.25, 0.3) is 0 Å². The molecule has 0 spiro atoms. The quantitative estimate of drug-likeness (QED) is 0.611. The predicted octanol–water partition coefficient (Wildman–Crippen LogP) is 1.66. The molecule has 0 nitrogen and oxygen atoms in total. The van der Waals surface area contributed by atoms with Crippen molar-refractivity contribution in [3.8, 4) is 0 Å². The fourth-order valence-corrected chi connectivity index (χ4v) is 1.50. The van der Waals surface area contributed by atoms with Gasteiger partial charge in [0.15, 0.2) is 0 Å². The van der Waals surface area contributed by atoms with Gasteiger partial charge >= 0.3 is 52.0 Å². The van der Waals surface area contributed by atoms with Crippen LogP contribution in [0.2, 0.25) is 0 Å². The summed E-state index contributed by atoms with van der Waals surface area (Å²) in [5.41, 5.74) is 0. The van der Waals surface area contributed by atoms with Crippen molar-refractivity contribution in [3.63, 3.8) is 0 Å². The summed E-state index contributed by atoms with van der Waals surface area (Å²) in [6.45, 7) is 10.9. The van der Waals surface area contributed by atoms with Gasteiger partial charge in [-0.05, 0) is 0 Å². The second-order valence-corrected chi connectivity index (χ2v) is 6.67. The number of hydrogen-bond acceptors (Lipinski definition) is 0. The van der Waals surface area contributed by atoms with E-state index in [0.717, 1.165) is 0 Å². The molecular formula is C6H9Sb. The first kappa shape index (κ1) is 7.04. The Morgan fingerprint density at radius 2 is 1.14 bits per heavy atom. The van der Waals surface area contributed by atoms with E-state index in [1.807, 2.05) is 12.1 Å². The van der Waals surface area contributed by atoms with Gasteiger partial charge in [-0.25, -0.2) is 0 Å². The molecular weight excluding hydrogens is 194 g/mol. The molecule has 0 rings (SSSR count). The summed E-state index contributed by atoms with van der Waals surface area (Å²) in [6, 6.07) is 0. The molecule has 0 aliphatic heterocycles. The van der Waals surface area contributed by atoms with Crippen LogP contribution in [-0.4, -0.2) is 20.2 Å². The molecule has 7 heavy (non-hydrogen) atoms. The molecule has 0 saturated heterocycles. The first-order valence-electron chi connectivity index (χ1n) is 2.00. The summed E-state index contributed by atoms with van der Waals surface area (Å²) in [7, 11) is 0. The molecule has 0 N–H and O–H groups in total. The molecule has 0 unspecified atom stereocenters. The van der Waals surface area contributed by atoms with Gasteiger partial charge in [0.05, 0.1) is 0 Å². The molecule has 0 amide bonds. The van der Waals surface area contributed by atoms with Crippen molar-refractivity contribution in [1.29, 1.82) is 0 Å². The van der Waals surface area contributed by atoms with Crippen molar-refractivity contribution in [3.05, 3.63) is 31.8 Å². The monoisotopic (exact) mass is 202 g/mol. The van der Waals surface area contributed by atoms with Crippen molar-refractivity contribution in [2.45, 2.75) is 0 Å². The molecule has 38 valence electrons. The average molecular weight is 203 g/mol. The second-order valence-electron chi connectivity index (χ2n) is 0.995. The van der Waals surface area contributed by atoms with Crippen LogP contribution in [0.4, 0.5) is 0 Å². The first-order valence-corrected chi connectivity index (χ1v) is 6.42. The van der Waals surface area contributed by atoms with E-state index in [1.165, 1.54) is 0 Å². The maximum atomic E-state index is 3.64. The second kappa shape index (κ2) is 4.20. The van der Waals surface area contributed by atoms with Crippen LogP contribution in [0.5, 0.6) is 0 Å². The Kier molecular flexibility index (Phi) is 4.23. The molecule has 0 atom stereocenters. The average Bonchev–Trinajstić information content (AvgIpc) is 1.72. The standard InChI is InChI=1S/3C2H3.Sb/c3*1-2;/h3*1H,2H2;. The third-order valence-corrected chi connectivity index (χ3v) is 4.24. The summed E-state index contributed by atoms with van der Waals surface area (Å²) >= 11 is -1.25. The van der Waals surface area contributed by atoms with Gasteiger partial charge in [0.25, 0.3) is 0 Å². The van der Waals surface area contributed by atoms with E-state index in [1.54, 1.807) is 0 Å². The van der Waals surface area contributed by atoms with E-state index in [-0.39, 0.29) is 0 Å². The van der Waals surface area contributed by atoms with Crippen LogP contribution in [0.3, 0.4) is 0 Å². The van der Waals surface area contributed by atoms with E-state index in [0.29, 0.717) is 0 Å². The summed E-state index contributed by atoms with van der Waals surface area (Å²) in [5, 5.41) is 0. The van der Waals surface area contributed by atoms with Gasteiger partial charge in [-0.15, -0.1) is 0 Å². The van der Waals surface area contributed by atoms with Crippen LogP contribution < -0.4 is 0 Å². The maximum absolute atomic E-state index is 3.64. The number of hydrogen-bond donors (Lipinski definition) is 0. The van der Waals surface area contributed by atoms with Gasteiger partial charge < -0.3 is 0 Å². The Morgan fingerprint density at radius 1 is 0.857 bits per heavy atom. The van der Waals surface area contributed by atoms with Gasteiger partial charge in [0.1, 0.15) is 0 Å². The Balaban J connectivity index is 3.57. The van der Waals surface area contributed by atoms with Crippen molar-refractivity contribution in [2.75, 3.05) is 0 Å². The minimum absolute atomic E-state index is 1.25. The molecule has 0 aromatic carbocycles. The van der Waals surface area contributed by atoms with Crippen LogP contribution in [-0.2, 0) is 0 Å². The van der Waals surface area contributed by atoms with Crippen molar-refractivity contribution in [1.82, 2.24) is 0 Å². The molecule has 0 bridgehead atoms. The SMILES string of the molecule is C=[CH][Sb]([CH]=C)[CH]=C. The van der Waals surface area contributed by atoms with E-state index in [9.17, 15) is 0 Å². The Morgan fingerprint density at radius 3 is 1.14 bits per heavy atom. The predicted molar refractivity (Wildman–Crippen MR) is 36.3 cm³/mol. The zero-order valence-corrected chi connectivity index (χ0v) is 6.85. The van der Waals surface area contributed by atoms with Gasteiger partial charge in [-0.3, -0.25) is 0 Å². The molecule has 0 aromatic heterocycles. The Bertz CT molecular complexity index is 65.2. The molecule has 0 fully saturated rings. The van der Waals surface area contributed by atoms with E-state index in [2.05, 4.69) is 19.7 Å².